The SMILES string of the molecule is Cc1nc(NCC(C)(C)CO)ncc1C(=O)O. The predicted octanol–water partition coefficient (Wildman–Crippen LogP) is 0.914. The topological polar surface area (TPSA) is 95.3 Å². The molecule has 1 rings (SSSR count). The van der Waals surface area contributed by atoms with Crippen LogP contribution in [-0.4, -0.2) is 39.3 Å². The highest BCUT2D eigenvalue weighted by Gasteiger charge is 2.17. The van der Waals surface area contributed by atoms with Gasteiger partial charge in [-0.15, -0.1) is 0 Å². The van der Waals surface area contributed by atoms with Crippen molar-refractivity contribution >= 4 is 11.9 Å². The average Bonchev–Trinajstić information content (AvgIpc) is 2.26. The minimum absolute atomic E-state index is 0.0478. The van der Waals surface area contributed by atoms with E-state index in [1.807, 2.05) is 13.8 Å². The highest BCUT2D eigenvalue weighted by atomic mass is 16.4. The number of anilines is 1. The Hall–Kier alpha value is -1.69. The van der Waals surface area contributed by atoms with Gasteiger partial charge in [0.05, 0.1) is 11.3 Å². The molecular formula is C11H17N3O3. The van der Waals surface area contributed by atoms with E-state index in [1.54, 1.807) is 6.92 Å². The maximum absolute atomic E-state index is 10.8. The van der Waals surface area contributed by atoms with Gasteiger partial charge < -0.3 is 15.5 Å². The molecular weight excluding hydrogens is 222 g/mol. The summed E-state index contributed by atoms with van der Waals surface area (Å²) in [6.07, 6.45) is 1.28. The number of aryl methyl sites for hydroxylation is 1. The van der Waals surface area contributed by atoms with Crippen molar-refractivity contribution in [1.29, 1.82) is 0 Å². The first-order valence-corrected chi connectivity index (χ1v) is 5.27. The molecule has 0 aliphatic rings. The lowest BCUT2D eigenvalue weighted by Crippen LogP contribution is -2.27. The largest absolute Gasteiger partial charge is 0.478 e. The van der Waals surface area contributed by atoms with Crippen molar-refractivity contribution in [2.75, 3.05) is 18.5 Å². The molecule has 0 saturated heterocycles. The van der Waals surface area contributed by atoms with Crippen molar-refractivity contribution in [2.24, 2.45) is 5.41 Å². The fourth-order valence-electron chi connectivity index (χ4n) is 1.14. The quantitative estimate of drug-likeness (QED) is 0.707. The van der Waals surface area contributed by atoms with Gasteiger partial charge in [0.2, 0.25) is 5.95 Å². The summed E-state index contributed by atoms with van der Waals surface area (Å²) in [6.45, 7) is 5.98. The minimum Gasteiger partial charge on any atom is -0.478 e. The van der Waals surface area contributed by atoms with Crippen LogP contribution in [0.5, 0.6) is 0 Å². The number of aromatic nitrogens is 2. The normalized spacial score (nSPS) is 11.3. The van der Waals surface area contributed by atoms with E-state index in [0.29, 0.717) is 18.2 Å². The molecule has 0 atom stereocenters. The standard InChI is InChI=1S/C11H17N3O3/c1-7-8(9(16)17)4-12-10(14-7)13-5-11(2,3)6-15/h4,15H,5-6H2,1-3H3,(H,16,17)(H,12,13,14). The van der Waals surface area contributed by atoms with Crippen LogP contribution in [0, 0.1) is 12.3 Å². The number of aliphatic hydroxyl groups excluding tert-OH is 1. The van der Waals surface area contributed by atoms with Crippen molar-refractivity contribution in [3.8, 4) is 0 Å². The van der Waals surface area contributed by atoms with E-state index >= 15 is 0 Å². The summed E-state index contributed by atoms with van der Waals surface area (Å²) < 4.78 is 0. The number of aliphatic hydroxyl groups is 1. The van der Waals surface area contributed by atoms with Crippen LogP contribution in [0.3, 0.4) is 0 Å². The van der Waals surface area contributed by atoms with Gasteiger partial charge in [-0.3, -0.25) is 0 Å². The van der Waals surface area contributed by atoms with E-state index in [2.05, 4.69) is 15.3 Å². The van der Waals surface area contributed by atoms with Gasteiger partial charge in [0, 0.05) is 24.8 Å². The molecule has 0 bridgehead atoms. The summed E-state index contributed by atoms with van der Waals surface area (Å²) in [5.41, 5.74) is 0.233. The number of nitrogens with zero attached hydrogens (tertiary/aromatic N) is 2. The van der Waals surface area contributed by atoms with Crippen LogP contribution in [0.1, 0.15) is 29.9 Å². The van der Waals surface area contributed by atoms with Gasteiger partial charge in [0.25, 0.3) is 0 Å². The third kappa shape index (κ3) is 3.67. The lowest BCUT2D eigenvalue weighted by Gasteiger charge is -2.21. The van der Waals surface area contributed by atoms with Gasteiger partial charge >= 0.3 is 5.97 Å². The van der Waals surface area contributed by atoms with Crippen molar-refractivity contribution in [3.63, 3.8) is 0 Å². The number of hydrogen-bond donors (Lipinski definition) is 3. The number of aromatic carboxylic acids is 1. The Bertz CT molecular complexity index is 418. The Balaban J connectivity index is 2.75. The monoisotopic (exact) mass is 239 g/mol. The van der Waals surface area contributed by atoms with Crippen molar-refractivity contribution < 1.29 is 15.0 Å². The van der Waals surface area contributed by atoms with Crippen LogP contribution in [-0.2, 0) is 0 Å². The fraction of sp³-hybridized carbons (Fsp3) is 0.545. The molecule has 0 aliphatic heterocycles. The van der Waals surface area contributed by atoms with Crippen LogP contribution in [0.25, 0.3) is 0 Å². The molecule has 94 valence electrons. The third-order valence-electron chi connectivity index (χ3n) is 2.36. The Labute approximate surface area is 99.7 Å². The zero-order chi connectivity index (χ0) is 13.1. The third-order valence-corrected chi connectivity index (χ3v) is 2.36. The summed E-state index contributed by atoms with van der Waals surface area (Å²) in [7, 11) is 0. The molecule has 3 N–H and O–H groups in total. The second-order valence-electron chi connectivity index (χ2n) is 4.67. The van der Waals surface area contributed by atoms with Gasteiger partial charge in [0.15, 0.2) is 0 Å². The molecule has 17 heavy (non-hydrogen) atoms. The van der Waals surface area contributed by atoms with Crippen molar-refractivity contribution in [2.45, 2.75) is 20.8 Å². The number of carbonyl (C=O) groups is 1. The Morgan fingerprint density at radius 2 is 2.18 bits per heavy atom. The molecule has 0 radical (unpaired) electrons. The molecule has 0 saturated carbocycles. The maximum Gasteiger partial charge on any atom is 0.339 e. The van der Waals surface area contributed by atoms with E-state index in [4.69, 9.17) is 10.2 Å². The molecule has 0 aliphatic carbocycles. The molecule has 0 amide bonds. The molecule has 6 nitrogen and oxygen atoms in total. The van der Waals surface area contributed by atoms with Gasteiger partial charge in [-0.2, -0.15) is 0 Å². The molecule has 1 aromatic heterocycles. The van der Waals surface area contributed by atoms with Crippen LogP contribution in [0.2, 0.25) is 0 Å². The molecule has 0 aromatic carbocycles. The molecule has 1 aromatic rings. The lowest BCUT2D eigenvalue weighted by molar-refractivity contribution is 0.0695. The van der Waals surface area contributed by atoms with Crippen LogP contribution in [0.15, 0.2) is 6.20 Å². The van der Waals surface area contributed by atoms with Crippen LogP contribution >= 0.6 is 0 Å². The summed E-state index contributed by atoms with van der Waals surface area (Å²) in [4.78, 5) is 18.7. The van der Waals surface area contributed by atoms with Crippen LogP contribution < -0.4 is 5.32 Å². The van der Waals surface area contributed by atoms with E-state index in [1.165, 1.54) is 6.20 Å². The van der Waals surface area contributed by atoms with Gasteiger partial charge in [-0.05, 0) is 6.92 Å². The summed E-state index contributed by atoms with van der Waals surface area (Å²) in [5, 5.41) is 20.9. The number of hydrogen-bond acceptors (Lipinski definition) is 5. The van der Waals surface area contributed by atoms with Crippen molar-refractivity contribution in [1.82, 2.24) is 9.97 Å². The summed E-state index contributed by atoms with van der Waals surface area (Å²) in [5.74, 6) is -0.668. The summed E-state index contributed by atoms with van der Waals surface area (Å²) in [6, 6.07) is 0. The highest BCUT2D eigenvalue weighted by Crippen LogP contribution is 2.14. The zero-order valence-corrected chi connectivity index (χ0v) is 10.2. The maximum atomic E-state index is 10.8. The number of carboxylic acids is 1. The number of nitrogens with one attached hydrogen (secondary N) is 1. The molecule has 6 heteroatoms. The fourth-order valence-corrected chi connectivity index (χ4v) is 1.14. The van der Waals surface area contributed by atoms with E-state index in [9.17, 15) is 4.79 Å². The first-order valence-electron chi connectivity index (χ1n) is 5.27. The molecule has 1 heterocycles. The Kier molecular flexibility index (Phi) is 4.01. The lowest BCUT2D eigenvalue weighted by atomic mass is 9.95. The van der Waals surface area contributed by atoms with E-state index < -0.39 is 5.97 Å². The first-order chi connectivity index (χ1) is 7.85. The van der Waals surface area contributed by atoms with Gasteiger partial charge in [0.1, 0.15) is 0 Å². The summed E-state index contributed by atoms with van der Waals surface area (Å²) >= 11 is 0. The molecule has 0 spiro atoms. The van der Waals surface area contributed by atoms with Crippen molar-refractivity contribution in [3.05, 3.63) is 17.5 Å². The highest BCUT2D eigenvalue weighted by molar-refractivity contribution is 5.88. The average molecular weight is 239 g/mol. The first kappa shape index (κ1) is 13.4. The second-order valence-corrected chi connectivity index (χ2v) is 4.67. The Morgan fingerprint density at radius 3 is 2.65 bits per heavy atom. The molecule has 0 fully saturated rings. The van der Waals surface area contributed by atoms with E-state index in [0.717, 1.165) is 0 Å². The smallest absolute Gasteiger partial charge is 0.339 e. The Morgan fingerprint density at radius 1 is 1.53 bits per heavy atom. The van der Waals surface area contributed by atoms with E-state index in [-0.39, 0.29) is 17.6 Å². The second kappa shape index (κ2) is 5.09. The number of carboxylic acid groups (broad SMARTS) is 1. The molecule has 0 unspecified atom stereocenters. The van der Waals surface area contributed by atoms with Gasteiger partial charge in [-0.1, -0.05) is 13.8 Å². The predicted molar refractivity (Wildman–Crippen MR) is 63.1 cm³/mol. The minimum atomic E-state index is -1.04. The number of rotatable bonds is 5. The zero-order valence-electron chi connectivity index (χ0n) is 10.2. The van der Waals surface area contributed by atoms with Gasteiger partial charge in [-0.25, -0.2) is 14.8 Å². The van der Waals surface area contributed by atoms with Crippen LogP contribution in [0.4, 0.5) is 5.95 Å².